The van der Waals surface area contributed by atoms with Crippen molar-refractivity contribution in [1.29, 1.82) is 0 Å². The average Bonchev–Trinajstić information content (AvgIpc) is 3.05. The Hall–Kier alpha value is -1.16. The second-order valence-corrected chi connectivity index (χ2v) is 11.5. The molecule has 4 aliphatic rings. The molecule has 0 aromatic heterocycles. The van der Waals surface area contributed by atoms with Gasteiger partial charge in [-0.3, -0.25) is 9.59 Å². The highest BCUT2D eigenvalue weighted by Crippen LogP contribution is 2.68. The van der Waals surface area contributed by atoms with Crippen LogP contribution in [-0.4, -0.2) is 28.1 Å². The van der Waals surface area contributed by atoms with Crippen LogP contribution in [0.2, 0.25) is 0 Å². The number of aliphatic hydroxyl groups is 1. The molecule has 9 atom stereocenters. The molecular formula is C26H40O4. The molecule has 0 bridgehead atoms. The van der Waals surface area contributed by atoms with Crippen LogP contribution in [0, 0.1) is 46.3 Å². The van der Waals surface area contributed by atoms with Crippen molar-refractivity contribution in [2.24, 2.45) is 46.3 Å². The van der Waals surface area contributed by atoms with E-state index in [1.807, 2.05) is 13.0 Å². The Morgan fingerprint density at radius 1 is 1.13 bits per heavy atom. The highest BCUT2D eigenvalue weighted by atomic mass is 16.4. The molecule has 4 rings (SSSR count). The maximum atomic E-state index is 13.8. The molecule has 4 heteroatoms. The van der Waals surface area contributed by atoms with E-state index in [0.29, 0.717) is 29.5 Å². The molecule has 4 fully saturated rings. The van der Waals surface area contributed by atoms with Crippen molar-refractivity contribution in [3.8, 4) is 0 Å². The van der Waals surface area contributed by atoms with E-state index in [1.165, 1.54) is 0 Å². The summed E-state index contributed by atoms with van der Waals surface area (Å²) in [6, 6.07) is 0. The first-order valence-corrected chi connectivity index (χ1v) is 12.2. The second kappa shape index (κ2) is 7.76. The van der Waals surface area contributed by atoms with E-state index in [2.05, 4.69) is 20.8 Å². The quantitative estimate of drug-likeness (QED) is 0.614. The van der Waals surface area contributed by atoms with E-state index >= 15 is 0 Å². The van der Waals surface area contributed by atoms with Crippen LogP contribution in [0.1, 0.15) is 85.5 Å². The minimum Gasteiger partial charge on any atom is -0.481 e. The number of aliphatic carboxylic acids is 1. The number of carboxylic acid groups (broad SMARTS) is 1. The van der Waals surface area contributed by atoms with Crippen molar-refractivity contribution in [3.05, 3.63) is 11.6 Å². The van der Waals surface area contributed by atoms with Gasteiger partial charge in [-0.2, -0.15) is 0 Å². The zero-order chi connectivity index (χ0) is 21.8. The van der Waals surface area contributed by atoms with E-state index in [9.17, 15) is 14.7 Å². The van der Waals surface area contributed by atoms with Gasteiger partial charge in [0.25, 0.3) is 0 Å². The third kappa shape index (κ3) is 3.20. The summed E-state index contributed by atoms with van der Waals surface area (Å²) in [5, 5.41) is 19.5. The maximum Gasteiger partial charge on any atom is 0.303 e. The average molecular weight is 417 g/mol. The van der Waals surface area contributed by atoms with Gasteiger partial charge in [0.15, 0.2) is 5.78 Å². The molecule has 168 valence electrons. The minimum atomic E-state index is -0.705. The molecule has 0 radical (unpaired) electrons. The molecule has 4 saturated carbocycles. The van der Waals surface area contributed by atoms with Gasteiger partial charge in [-0.25, -0.2) is 0 Å². The van der Waals surface area contributed by atoms with Crippen LogP contribution in [-0.2, 0) is 9.59 Å². The summed E-state index contributed by atoms with van der Waals surface area (Å²) >= 11 is 0. The first-order valence-electron chi connectivity index (χ1n) is 12.2. The van der Waals surface area contributed by atoms with Gasteiger partial charge >= 0.3 is 5.97 Å². The lowest BCUT2D eigenvalue weighted by atomic mass is 9.43. The highest BCUT2D eigenvalue weighted by molar-refractivity contribution is 5.99. The fourth-order valence-electron chi connectivity index (χ4n) is 8.72. The predicted octanol–water partition coefficient (Wildman–Crippen LogP) is 5.24. The van der Waals surface area contributed by atoms with Crippen molar-refractivity contribution in [2.75, 3.05) is 0 Å². The number of carbonyl (C=O) groups excluding carboxylic acids is 1. The van der Waals surface area contributed by atoms with Crippen molar-refractivity contribution in [1.82, 2.24) is 0 Å². The minimum absolute atomic E-state index is 0.114. The topological polar surface area (TPSA) is 74.6 Å². The van der Waals surface area contributed by atoms with Crippen LogP contribution in [0.5, 0.6) is 0 Å². The highest BCUT2D eigenvalue weighted by Gasteiger charge is 2.64. The molecule has 0 aromatic carbocycles. The summed E-state index contributed by atoms with van der Waals surface area (Å²) in [5.41, 5.74) is 1.25. The Labute approximate surface area is 181 Å². The molecule has 0 aliphatic heterocycles. The third-order valence-corrected chi connectivity index (χ3v) is 10.3. The number of allylic oxidation sites excluding steroid dienone is 2. The summed E-state index contributed by atoms with van der Waals surface area (Å²) in [6.45, 7) is 9.04. The number of aliphatic hydroxyl groups excluding tert-OH is 1. The Kier molecular flexibility index (Phi) is 5.70. The standard InChI is InChI=1S/C26H40O4/c1-5-17-21-14-16(27)10-12-26(21,4)20-11-13-25(3)18(15(2)6-9-22(28)29)7-8-19(25)23(20)24(17)30/h5,15-16,18-21,23,27H,6-14H2,1-4H3,(H,28,29)/b17-5+/t15-,16-,18-,19?,20?,21+,23?,25-,26-/m1/s1. The molecule has 0 aromatic rings. The van der Waals surface area contributed by atoms with E-state index in [0.717, 1.165) is 56.9 Å². The van der Waals surface area contributed by atoms with Crippen LogP contribution in [0.15, 0.2) is 11.6 Å². The van der Waals surface area contributed by atoms with Gasteiger partial charge in [0.05, 0.1) is 6.10 Å². The predicted molar refractivity (Wildman–Crippen MR) is 117 cm³/mol. The summed E-state index contributed by atoms with van der Waals surface area (Å²) in [5.74, 6) is 1.74. The molecule has 30 heavy (non-hydrogen) atoms. The second-order valence-electron chi connectivity index (χ2n) is 11.5. The van der Waals surface area contributed by atoms with Crippen LogP contribution in [0.4, 0.5) is 0 Å². The normalized spacial score (nSPS) is 48.0. The van der Waals surface area contributed by atoms with Crippen molar-refractivity contribution < 1.29 is 19.8 Å². The Balaban J connectivity index is 1.64. The molecule has 4 nitrogen and oxygen atoms in total. The molecule has 0 amide bonds. The zero-order valence-electron chi connectivity index (χ0n) is 19.2. The molecule has 3 unspecified atom stereocenters. The Morgan fingerprint density at radius 2 is 1.80 bits per heavy atom. The summed E-state index contributed by atoms with van der Waals surface area (Å²) in [7, 11) is 0. The first kappa shape index (κ1) is 22.0. The molecule has 4 aliphatic carbocycles. The third-order valence-electron chi connectivity index (χ3n) is 10.3. The smallest absolute Gasteiger partial charge is 0.303 e. The van der Waals surface area contributed by atoms with Gasteiger partial charge in [-0.05, 0) is 104 Å². The lowest BCUT2D eigenvalue weighted by Gasteiger charge is -2.61. The van der Waals surface area contributed by atoms with E-state index in [1.54, 1.807) is 0 Å². The van der Waals surface area contributed by atoms with E-state index in [4.69, 9.17) is 5.11 Å². The molecule has 0 heterocycles. The molecule has 2 N–H and O–H groups in total. The van der Waals surface area contributed by atoms with Crippen LogP contribution in [0.25, 0.3) is 0 Å². The number of carboxylic acids is 1. The lowest BCUT2D eigenvalue weighted by Crippen LogP contribution is -2.58. The zero-order valence-corrected chi connectivity index (χ0v) is 19.2. The van der Waals surface area contributed by atoms with Gasteiger partial charge < -0.3 is 10.2 Å². The van der Waals surface area contributed by atoms with Gasteiger partial charge in [-0.1, -0.05) is 26.8 Å². The number of rotatable bonds is 4. The monoisotopic (exact) mass is 416 g/mol. The van der Waals surface area contributed by atoms with Crippen molar-refractivity contribution in [3.63, 3.8) is 0 Å². The van der Waals surface area contributed by atoms with E-state index < -0.39 is 5.97 Å². The van der Waals surface area contributed by atoms with Crippen LogP contribution in [0.3, 0.4) is 0 Å². The molecule has 0 spiro atoms. The SMILES string of the molecule is C/C=C1/C(=O)C2C3CC[C@H]([C@H](C)CCC(=O)O)[C@@]3(C)CCC2[C@@]2(C)CC[C@@H](O)C[C@@H]12. The number of fused-ring (bicyclic) bond motifs is 5. The fourth-order valence-corrected chi connectivity index (χ4v) is 8.72. The first-order chi connectivity index (χ1) is 14.1. The van der Waals surface area contributed by atoms with Crippen LogP contribution >= 0.6 is 0 Å². The Morgan fingerprint density at radius 3 is 2.47 bits per heavy atom. The van der Waals surface area contributed by atoms with Crippen molar-refractivity contribution in [2.45, 2.75) is 91.6 Å². The van der Waals surface area contributed by atoms with Crippen molar-refractivity contribution >= 4 is 11.8 Å². The summed E-state index contributed by atoms with van der Waals surface area (Å²) < 4.78 is 0. The number of ketones is 1. The molecule has 0 saturated heterocycles. The summed E-state index contributed by atoms with van der Waals surface area (Å²) in [6.07, 6.45) is 9.86. The summed E-state index contributed by atoms with van der Waals surface area (Å²) in [4.78, 5) is 24.9. The maximum absolute atomic E-state index is 13.8. The van der Waals surface area contributed by atoms with E-state index in [-0.39, 0.29) is 35.2 Å². The number of carbonyl (C=O) groups is 2. The number of hydrogen-bond donors (Lipinski definition) is 2. The number of Topliss-reactive ketones (excluding diaryl/α,β-unsaturated/α-hetero) is 1. The fraction of sp³-hybridized carbons (Fsp3) is 0.846. The lowest BCUT2D eigenvalue weighted by molar-refractivity contribution is -0.150. The largest absolute Gasteiger partial charge is 0.481 e. The van der Waals surface area contributed by atoms with Gasteiger partial charge in [0.1, 0.15) is 0 Å². The van der Waals surface area contributed by atoms with Gasteiger partial charge in [0, 0.05) is 12.3 Å². The van der Waals surface area contributed by atoms with Gasteiger partial charge in [0.2, 0.25) is 0 Å². The van der Waals surface area contributed by atoms with Gasteiger partial charge in [-0.15, -0.1) is 0 Å². The Bertz CT molecular complexity index is 741. The number of hydrogen-bond acceptors (Lipinski definition) is 3. The van der Waals surface area contributed by atoms with Crippen LogP contribution < -0.4 is 0 Å². The molecular weight excluding hydrogens is 376 g/mol.